The fourth-order valence-electron chi connectivity index (χ4n) is 4.09. The van der Waals surface area contributed by atoms with E-state index in [0.717, 1.165) is 5.56 Å². The topological polar surface area (TPSA) is 100 Å². The van der Waals surface area contributed by atoms with Crippen molar-refractivity contribution in [3.63, 3.8) is 0 Å². The molecule has 3 heterocycles. The van der Waals surface area contributed by atoms with E-state index in [-0.39, 0.29) is 41.0 Å². The van der Waals surface area contributed by atoms with E-state index in [9.17, 15) is 23.5 Å². The average Bonchev–Trinajstić information content (AvgIpc) is 3.11. The predicted molar refractivity (Wildman–Crippen MR) is 122 cm³/mol. The molecule has 2 aromatic heterocycles. The Morgan fingerprint density at radius 1 is 1.30 bits per heavy atom. The third kappa shape index (κ3) is 4.35. The second kappa shape index (κ2) is 8.26. The van der Waals surface area contributed by atoms with Gasteiger partial charge in [-0.25, -0.2) is 23.5 Å². The summed E-state index contributed by atoms with van der Waals surface area (Å²) in [6.45, 7) is 3.20. The number of hydrogen-bond donors (Lipinski definition) is 2. The summed E-state index contributed by atoms with van der Waals surface area (Å²) >= 11 is 5.84. The monoisotopic (exact) mass is 477 g/mol. The Morgan fingerprint density at radius 2 is 2.03 bits per heavy atom. The van der Waals surface area contributed by atoms with E-state index in [4.69, 9.17) is 11.6 Å². The van der Waals surface area contributed by atoms with Crippen LogP contribution in [0.4, 0.5) is 20.4 Å². The Morgan fingerprint density at radius 3 is 2.67 bits per heavy atom. The van der Waals surface area contributed by atoms with E-state index >= 15 is 0 Å². The molecular weight excluding hydrogens is 456 g/mol. The highest BCUT2D eigenvalue weighted by Crippen LogP contribution is 2.32. The molecule has 0 saturated carbocycles. The molecule has 3 aromatic rings. The summed E-state index contributed by atoms with van der Waals surface area (Å²) in [4.78, 5) is 34.6. The van der Waals surface area contributed by atoms with E-state index in [0.29, 0.717) is 16.5 Å². The molecule has 33 heavy (non-hydrogen) atoms. The molecule has 1 atom stereocenters. The third-order valence-corrected chi connectivity index (χ3v) is 5.90. The molecule has 0 radical (unpaired) electrons. The first-order chi connectivity index (χ1) is 15.5. The SMILES string of the molecule is Cc1cc([C@@H](C)Nc2ccc(Cl)nc2C(=O)O)c2nc(N3CCC(F)(F)C3)n(C)c(=O)c2c1. The Labute approximate surface area is 192 Å². The van der Waals surface area contributed by atoms with Crippen LogP contribution in [0.2, 0.25) is 5.15 Å². The van der Waals surface area contributed by atoms with Gasteiger partial charge < -0.3 is 15.3 Å². The highest BCUT2D eigenvalue weighted by atomic mass is 35.5. The van der Waals surface area contributed by atoms with Gasteiger partial charge in [0.2, 0.25) is 5.95 Å². The number of carbonyl (C=O) groups is 1. The van der Waals surface area contributed by atoms with Gasteiger partial charge in [0.1, 0.15) is 5.15 Å². The van der Waals surface area contributed by atoms with Gasteiger partial charge in [0, 0.05) is 25.6 Å². The Balaban J connectivity index is 1.82. The van der Waals surface area contributed by atoms with Crippen molar-refractivity contribution in [2.75, 3.05) is 23.3 Å². The number of carboxylic acids is 1. The van der Waals surface area contributed by atoms with Crippen molar-refractivity contribution >= 4 is 40.1 Å². The van der Waals surface area contributed by atoms with E-state index in [1.54, 1.807) is 13.0 Å². The molecule has 8 nitrogen and oxygen atoms in total. The summed E-state index contributed by atoms with van der Waals surface area (Å²) in [5, 5.41) is 13.0. The zero-order chi connectivity index (χ0) is 24.1. The molecule has 2 N–H and O–H groups in total. The van der Waals surface area contributed by atoms with Crippen LogP contribution in [0.15, 0.2) is 29.1 Å². The number of fused-ring (bicyclic) bond motifs is 1. The van der Waals surface area contributed by atoms with Crippen LogP contribution in [0.5, 0.6) is 0 Å². The van der Waals surface area contributed by atoms with Crippen LogP contribution >= 0.6 is 11.6 Å². The molecule has 1 aliphatic heterocycles. The highest BCUT2D eigenvalue weighted by molar-refractivity contribution is 6.29. The summed E-state index contributed by atoms with van der Waals surface area (Å²) in [6.07, 6.45) is -0.304. The molecule has 11 heteroatoms. The van der Waals surface area contributed by atoms with Gasteiger partial charge >= 0.3 is 5.97 Å². The minimum atomic E-state index is -2.84. The van der Waals surface area contributed by atoms with Crippen LogP contribution in [0.3, 0.4) is 0 Å². The van der Waals surface area contributed by atoms with Crippen LogP contribution in [0, 0.1) is 6.92 Å². The van der Waals surface area contributed by atoms with Crippen LogP contribution in [0.1, 0.15) is 41.0 Å². The smallest absolute Gasteiger partial charge is 0.356 e. The number of nitrogens with zero attached hydrogens (tertiary/aromatic N) is 4. The van der Waals surface area contributed by atoms with E-state index in [2.05, 4.69) is 15.3 Å². The van der Waals surface area contributed by atoms with Crippen LogP contribution < -0.4 is 15.8 Å². The summed E-state index contributed by atoms with van der Waals surface area (Å²) in [5.74, 6) is -3.92. The maximum absolute atomic E-state index is 13.8. The molecule has 1 saturated heterocycles. The quantitative estimate of drug-likeness (QED) is 0.535. The molecule has 1 aliphatic rings. The summed E-state index contributed by atoms with van der Waals surface area (Å²) in [5.41, 5.74) is 1.46. The molecule has 0 aliphatic carbocycles. The van der Waals surface area contributed by atoms with E-state index < -0.39 is 24.5 Å². The minimum Gasteiger partial charge on any atom is -0.476 e. The Kier molecular flexibility index (Phi) is 5.73. The molecule has 0 bridgehead atoms. The van der Waals surface area contributed by atoms with Crippen molar-refractivity contribution < 1.29 is 18.7 Å². The first-order valence-corrected chi connectivity index (χ1v) is 10.6. The molecule has 1 fully saturated rings. The predicted octanol–water partition coefficient (Wildman–Crippen LogP) is 4.01. The summed E-state index contributed by atoms with van der Waals surface area (Å²) in [6, 6.07) is 6.03. The Hall–Kier alpha value is -3.27. The molecule has 174 valence electrons. The maximum atomic E-state index is 13.8. The molecule has 0 spiro atoms. The number of benzene rings is 1. The largest absolute Gasteiger partial charge is 0.476 e. The van der Waals surface area contributed by atoms with Gasteiger partial charge in [0.25, 0.3) is 11.5 Å². The summed E-state index contributed by atoms with van der Waals surface area (Å²) < 4.78 is 28.9. The average molecular weight is 478 g/mol. The van der Waals surface area contributed by atoms with Crippen molar-refractivity contribution in [2.24, 2.45) is 7.05 Å². The van der Waals surface area contributed by atoms with Crippen molar-refractivity contribution in [1.82, 2.24) is 14.5 Å². The van der Waals surface area contributed by atoms with E-state index in [1.165, 1.54) is 28.6 Å². The zero-order valence-electron chi connectivity index (χ0n) is 18.2. The number of anilines is 2. The third-order valence-electron chi connectivity index (χ3n) is 5.69. The number of carboxylic acid groups (broad SMARTS) is 1. The number of aryl methyl sites for hydroxylation is 1. The maximum Gasteiger partial charge on any atom is 0.356 e. The van der Waals surface area contributed by atoms with Gasteiger partial charge in [-0.3, -0.25) is 9.36 Å². The van der Waals surface area contributed by atoms with Crippen molar-refractivity contribution in [3.05, 3.63) is 56.6 Å². The molecule has 1 aromatic carbocycles. The number of aromatic nitrogens is 3. The fourth-order valence-corrected chi connectivity index (χ4v) is 4.23. The normalized spacial score (nSPS) is 16.2. The first-order valence-electron chi connectivity index (χ1n) is 10.3. The first kappa shape index (κ1) is 22.9. The number of aromatic carboxylic acids is 1. The lowest BCUT2D eigenvalue weighted by atomic mass is 10.0. The number of nitrogens with one attached hydrogen (secondary N) is 1. The lowest BCUT2D eigenvalue weighted by Gasteiger charge is -2.23. The lowest BCUT2D eigenvalue weighted by Crippen LogP contribution is -2.32. The highest BCUT2D eigenvalue weighted by Gasteiger charge is 2.39. The van der Waals surface area contributed by atoms with Gasteiger partial charge in [0.15, 0.2) is 5.69 Å². The van der Waals surface area contributed by atoms with Crippen LogP contribution in [-0.2, 0) is 7.05 Å². The standard InChI is InChI=1S/C22H22ClF2N5O3/c1-11-8-13(12(2)26-15-4-5-16(23)27-18(15)20(32)33)17-14(9-11)19(31)29(3)21(28-17)30-7-6-22(24,25)10-30/h4-5,8-9,12,26H,6-7,10H2,1-3H3,(H,32,33)/t12-/m1/s1. The van der Waals surface area contributed by atoms with Crippen LogP contribution in [0.25, 0.3) is 10.9 Å². The van der Waals surface area contributed by atoms with Gasteiger partial charge in [-0.15, -0.1) is 0 Å². The fraction of sp³-hybridized carbons (Fsp3) is 0.364. The minimum absolute atomic E-state index is 0.0452. The second-order valence-corrected chi connectivity index (χ2v) is 8.64. The number of halogens is 3. The molecular formula is C22H22ClF2N5O3. The molecule has 0 amide bonds. The summed E-state index contributed by atoms with van der Waals surface area (Å²) in [7, 11) is 1.52. The lowest BCUT2D eigenvalue weighted by molar-refractivity contribution is 0.0256. The molecule has 4 rings (SSSR count). The number of alkyl halides is 2. The van der Waals surface area contributed by atoms with Crippen molar-refractivity contribution in [3.8, 4) is 0 Å². The van der Waals surface area contributed by atoms with Gasteiger partial charge in [-0.1, -0.05) is 17.7 Å². The number of hydrogen-bond acceptors (Lipinski definition) is 6. The Bertz CT molecular complexity index is 1330. The van der Waals surface area contributed by atoms with Crippen molar-refractivity contribution in [1.29, 1.82) is 0 Å². The number of rotatable bonds is 5. The number of pyridine rings is 1. The van der Waals surface area contributed by atoms with Gasteiger partial charge in [-0.05, 0) is 37.6 Å². The second-order valence-electron chi connectivity index (χ2n) is 8.26. The van der Waals surface area contributed by atoms with Gasteiger partial charge in [0.05, 0.1) is 29.2 Å². The van der Waals surface area contributed by atoms with Crippen LogP contribution in [-0.4, -0.2) is 44.6 Å². The van der Waals surface area contributed by atoms with E-state index in [1.807, 2.05) is 13.0 Å². The molecule has 0 unspecified atom stereocenters. The zero-order valence-corrected chi connectivity index (χ0v) is 19.0. The van der Waals surface area contributed by atoms with Crippen molar-refractivity contribution in [2.45, 2.75) is 32.2 Å². The van der Waals surface area contributed by atoms with Gasteiger partial charge in [-0.2, -0.15) is 0 Å².